The Balaban J connectivity index is 2.21. The van der Waals surface area contributed by atoms with E-state index in [-0.39, 0.29) is 4.99 Å². The maximum atomic E-state index is 5.46. The third-order valence-corrected chi connectivity index (χ3v) is 3.06. The summed E-state index contributed by atoms with van der Waals surface area (Å²) in [7, 11) is 0. The van der Waals surface area contributed by atoms with E-state index in [1.165, 1.54) is 0 Å². The molecule has 1 heterocycles. The van der Waals surface area contributed by atoms with Crippen molar-refractivity contribution in [3.05, 3.63) is 46.3 Å². The summed E-state index contributed by atoms with van der Waals surface area (Å²) < 4.78 is 1.04. The number of thiocarbonyl (C=S) groups is 1. The summed E-state index contributed by atoms with van der Waals surface area (Å²) in [5, 5.41) is 3.19. The molecule has 0 amide bonds. The summed E-state index contributed by atoms with van der Waals surface area (Å²) in [5.74, 6) is 0.653. The van der Waals surface area contributed by atoms with Crippen LogP contribution in [0, 0.1) is 6.92 Å². The van der Waals surface area contributed by atoms with Gasteiger partial charge in [-0.1, -0.05) is 28.1 Å². The number of hydrogen-bond acceptors (Lipinski definition) is 4. The van der Waals surface area contributed by atoms with Crippen molar-refractivity contribution in [1.29, 1.82) is 0 Å². The predicted octanol–water partition coefficient (Wildman–Crippen LogP) is 2.93. The van der Waals surface area contributed by atoms with E-state index in [0.29, 0.717) is 11.5 Å². The standard InChI is InChI=1S/C12H11BrN4S/c1-7-4-8(13)2-3-9(7)17-11-6-15-10(5-16-11)12(14)18/h2-6H,1H3,(H2,14,18)(H,16,17). The number of halogens is 1. The first kappa shape index (κ1) is 12.9. The second-order valence-corrected chi connectivity index (χ2v) is 5.09. The molecule has 0 aliphatic rings. The first-order valence-corrected chi connectivity index (χ1v) is 6.41. The zero-order chi connectivity index (χ0) is 13.1. The van der Waals surface area contributed by atoms with Gasteiger partial charge in [-0.2, -0.15) is 0 Å². The van der Waals surface area contributed by atoms with Gasteiger partial charge in [-0.3, -0.25) is 0 Å². The molecule has 0 aliphatic carbocycles. The van der Waals surface area contributed by atoms with Gasteiger partial charge in [0.15, 0.2) is 0 Å². The average Bonchev–Trinajstić information content (AvgIpc) is 2.33. The van der Waals surface area contributed by atoms with Gasteiger partial charge in [0.05, 0.1) is 12.4 Å². The fourth-order valence-electron chi connectivity index (χ4n) is 1.43. The quantitative estimate of drug-likeness (QED) is 0.851. The molecule has 2 aromatic rings. The van der Waals surface area contributed by atoms with Crippen LogP contribution in [-0.4, -0.2) is 15.0 Å². The molecule has 0 bridgehead atoms. The van der Waals surface area contributed by atoms with Crippen LogP contribution in [0.5, 0.6) is 0 Å². The van der Waals surface area contributed by atoms with E-state index in [0.717, 1.165) is 15.7 Å². The highest BCUT2D eigenvalue weighted by atomic mass is 79.9. The molecule has 0 unspecified atom stereocenters. The minimum absolute atomic E-state index is 0.244. The van der Waals surface area contributed by atoms with E-state index in [4.69, 9.17) is 18.0 Å². The number of benzene rings is 1. The Bertz CT molecular complexity index is 583. The van der Waals surface area contributed by atoms with Crippen molar-refractivity contribution < 1.29 is 0 Å². The highest BCUT2D eigenvalue weighted by Gasteiger charge is 2.02. The van der Waals surface area contributed by atoms with Crippen LogP contribution in [0.4, 0.5) is 11.5 Å². The van der Waals surface area contributed by atoms with Gasteiger partial charge >= 0.3 is 0 Å². The lowest BCUT2D eigenvalue weighted by atomic mass is 10.2. The highest BCUT2D eigenvalue weighted by molar-refractivity contribution is 9.10. The van der Waals surface area contributed by atoms with Crippen molar-refractivity contribution in [2.75, 3.05) is 5.32 Å². The van der Waals surface area contributed by atoms with Crippen LogP contribution in [0.15, 0.2) is 35.1 Å². The molecule has 3 N–H and O–H groups in total. The largest absolute Gasteiger partial charge is 0.388 e. The van der Waals surface area contributed by atoms with E-state index in [9.17, 15) is 0 Å². The topological polar surface area (TPSA) is 63.8 Å². The number of nitrogens with two attached hydrogens (primary N) is 1. The summed E-state index contributed by atoms with van der Waals surface area (Å²) in [6, 6.07) is 5.97. The number of nitrogens with zero attached hydrogens (tertiary/aromatic N) is 2. The Labute approximate surface area is 119 Å². The zero-order valence-corrected chi connectivity index (χ0v) is 12.0. The van der Waals surface area contributed by atoms with E-state index in [1.54, 1.807) is 12.4 Å². The lowest BCUT2D eigenvalue weighted by Gasteiger charge is -2.09. The number of rotatable bonds is 3. The van der Waals surface area contributed by atoms with Crippen LogP contribution in [0.25, 0.3) is 0 Å². The summed E-state index contributed by atoms with van der Waals surface area (Å²) in [4.78, 5) is 8.57. The van der Waals surface area contributed by atoms with Crippen LogP contribution in [0.3, 0.4) is 0 Å². The fourth-order valence-corrected chi connectivity index (χ4v) is 2.01. The summed E-state index contributed by atoms with van der Waals surface area (Å²) in [5.41, 5.74) is 8.07. The second kappa shape index (κ2) is 5.41. The van der Waals surface area contributed by atoms with Crippen molar-refractivity contribution in [2.24, 2.45) is 5.73 Å². The number of hydrogen-bond donors (Lipinski definition) is 2. The lowest BCUT2D eigenvalue weighted by molar-refractivity contribution is 1.17. The lowest BCUT2D eigenvalue weighted by Crippen LogP contribution is -2.12. The first-order valence-electron chi connectivity index (χ1n) is 5.21. The summed E-state index contributed by atoms with van der Waals surface area (Å²) in [6.45, 7) is 2.02. The van der Waals surface area contributed by atoms with Gasteiger partial charge in [-0.05, 0) is 30.7 Å². The Morgan fingerprint density at radius 3 is 2.67 bits per heavy atom. The highest BCUT2D eigenvalue weighted by Crippen LogP contribution is 2.22. The molecule has 4 nitrogen and oxygen atoms in total. The number of anilines is 2. The van der Waals surface area contributed by atoms with Crippen LogP contribution in [-0.2, 0) is 0 Å². The minimum atomic E-state index is 0.244. The van der Waals surface area contributed by atoms with Crippen molar-refractivity contribution >= 4 is 44.6 Å². The fraction of sp³-hybridized carbons (Fsp3) is 0.0833. The van der Waals surface area contributed by atoms with Gasteiger partial charge in [0.25, 0.3) is 0 Å². The third-order valence-electron chi connectivity index (χ3n) is 2.36. The maximum Gasteiger partial charge on any atom is 0.148 e. The molecule has 0 saturated heterocycles. The third kappa shape index (κ3) is 3.02. The average molecular weight is 323 g/mol. The monoisotopic (exact) mass is 322 g/mol. The van der Waals surface area contributed by atoms with Crippen LogP contribution in [0.2, 0.25) is 0 Å². The van der Waals surface area contributed by atoms with Crippen molar-refractivity contribution in [3.63, 3.8) is 0 Å². The van der Waals surface area contributed by atoms with Crippen molar-refractivity contribution in [3.8, 4) is 0 Å². The Morgan fingerprint density at radius 2 is 2.11 bits per heavy atom. The van der Waals surface area contributed by atoms with E-state index in [1.807, 2.05) is 25.1 Å². The molecule has 6 heteroatoms. The zero-order valence-electron chi connectivity index (χ0n) is 9.64. The number of aromatic nitrogens is 2. The molecule has 0 radical (unpaired) electrons. The minimum Gasteiger partial charge on any atom is -0.388 e. The van der Waals surface area contributed by atoms with Gasteiger partial charge < -0.3 is 11.1 Å². The van der Waals surface area contributed by atoms with Crippen LogP contribution >= 0.6 is 28.1 Å². The van der Waals surface area contributed by atoms with Gasteiger partial charge in [0.1, 0.15) is 16.5 Å². The normalized spacial score (nSPS) is 10.1. The Morgan fingerprint density at radius 1 is 1.33 bits per heavy atom. The molecular weight excluding hydrogens is 312 g/mol. The van der Waals surface area contributed by atoms with Gasteiger partial charge in [0, 0.05) is 10.2 Å². The van der Waals surface area contributed by atoms with E-state index < -0.39 is 0 Å². The maximum absolute atomic E-state index is 5.46. The van der Waals surface area contributed by atoms with Crippen LogP contribution < -0.4 is 11.1 Å². The molecule has 2 rings (SSSR count). The number of aryl methyl sites for hydroxylation is 1. The second-order valence-electron chi connectivity index (χ2n) is 3.74. The molecule has 18 heavy (non-hydrogen) atoms. The molecule has 0 fully saturated rings. The predicted molar refractivity (Wildman–Crippen MR) is 80.1 cm³/mol. The van der Waals surface area contributed by atoms with Crippen LogP contribution in [0.1, 0.15) is 11.3 Å². The Kier molecular flexibility index (Phi) is 3.88. The molecule has 0 atom stereocenters. The van der Waals surface area contributed by atoms with Gasteiger partial charge in [0.2, 0.25) is 0 Å². The van der Waals surface area contributed by atoms with Gasteiger partial charge in [-0.25, -0.2) is 9.97 Å². The smallest absolute Gasteiger partial charge is 0.148 e. The SMILES string of the molecule is Cc1cc(Br)ccc1Nc1cnc(C(N)=S)cn1. The molecular formula is C12H11BrN4S. The van der Waals surface area contributed by atoms with E-state index in [2.05, 4.69) is 31.2 Å². The van der Waals surface area contributed by atoms with Crippen molar-refractivity contribution in [1.82, 2.24) is 9.97 Å². The van der Waals surface area contributed by atoms with Crippen molar-refractivity contribution in [2.45, 2.75) is 6.92 Å². The molecule has 92 valence electrons. The molecule has 0 aliphatic heterocycles. The summed E-state index contributed by atoms with van der Waals surface area (Å²) >= 11 is 8.24. The number of nitrogens with one attached hydrogen (secondary N) is 1. The van der Waals surface area contributed by atoms with Gasteiger partial charge in [-0.15, -0.1) is 0 Å². The molecule has 1 aromatic heterocycles. The van der Waals surface area contributed by atoms with E-state index >= 15 is 0 Å². The summed E-state index contributed by atoms with van der Waals surface area (Å²) in [6.07, 6.45) is 3.16. The first-order chi connectivity index (χ1) is 8.56. The molecule has 0 spiro atoms. The Hall–Kier alpha value is -1.53. The molecule has 0 saturated carbocycles. The molecule has 1 aromatic carbocycles.